The van der Waals surface area contributed by atoms with Crippen molar-refractivity contribution in [1.29, 1.82) is 0 Å². The Balaban J connectivity index is 0. The van der Waals surface area contributed by atoms with Crippen LogP contribution in [0.25, 0.3) is 0 Å². The molecule has 1 aliphatic carbocycles. The third-order valence-electron chi connectivity index (χ3n) is 2.20. The monoisotopic (exact) mass is 158 g/mol. The van der Waals surface area contributed by atoms with Crippen molar-refractivity contribution in [1.82, 2.24) is 0 Å². The molecule has 1 rings (SSSR count). The van der Waals surface area contributed by atoms with Crippen LogP contribution < -0.4 is 18.9 Å². The van der Waals surface area contributed by atoms with E-state index in [1.165, 1.54) is 38.5 Å². The number of rotatable bonds is 5. The van der Waals surface area contributed by atoms with Gasteiger partial charge in [-0.2, -0.15) is 0 Å². The van der Waals surface area contributed by atoms with Crippen LogP contribution in [0.3, 0.4) is 0 Å². The van der Waals surface area contributed by atoms with E-state index in [-0.39, 0.29) is 20.3 Å². The van der Waals surface area contributed by atoms with E-state index in [9.17, 15) is 0 Å². The molecule has 0 N–H and O–H groups in total. The molecule has 0 spiro atoms. The Morgan fingerprint density at radius 3 is 2.75 bits per heavy atom. The summed E-state index contributed by atoms with van der Waals surface area (Å²) >= 11 is 0. The maximum Gasteiger partial charge on any atom is 1.00 e. The Bertz CT molecular complexity index is 161. The van der Waals surface area contributed by atoms with Crippen molar-refractivity contribution in [3.8, 4) is 0 Å². The smallest absolute Gasteiger partial charge is 1.00 e. The van der Waals surface area contributed by atoms with Crippen LogP contribution in [0.4, 0.5) is 0 Å². The zero-order valence-corrected chi connectivity index (χ0v) is 8.47. The van der Waals surface area contributed by atoms with Gasteiger partial charge in [-0.3, -0.25) is 0 Å². The van der Waals surface area contributed by atoms with E-state index >= 15 is 0 Å². The second kappa shape index (κ2) is 7.71. The van der Waals surface area contributed by atoms with Crippen molar-refractivity contribution in [3.05, 3.63) is 23.8 Å². The van der Waals surface area contributed by atoms with Gasteiger partial charge in [-0.1, -0.05) is 50.0 Å². The van der Waals surface area contributed by atoms with Crippen molar-refractivity contribution < 1.29 is 20.3 Å². The van der Waals surface area contributed by atoms with Crippen molar-refractivity contribution in [2.75, 3.05) is 0 Å². The van der Waals surface area contributed by atoms with Gasteiger partial charge >= 0.3 is 18.9 Å². The van der Waals surface area contributed by atoms with Crippen molar-refractivity contribution in [2.24, 2.45) is 0 Å². The number of unbranched alkanes of at least 4 members (excludes halogenated alkanes) is 3. The van der Waals surface area contributed by atoms with E-state index in [2.05, 4.69) is 25.2 Å². The van der Waals surface area contributed by atoms with Crippen LogP contribution in [0.15, 0.2) is 23.8 Å². The SMILES string of the molecule is CCCCCCC1=CC=CC1.[H-].[Li+]. The largest absolute Gasteiger partial charge is 1.00 e. The molecular formula is C11H19Li. The summed E-state index contributed by atoms with van der Waals surface area (Å²) in [5.41, 5.74) is 1.63. The van der Waals surface area contributed by atoms with Crippen LogP contribution in [0.2, 0.25) is 0 Å². The van der Waals surface area contributed by atoms with Gasteiger partial charge < -0.3 is 1.43 Å². The Morgan fingerprint density at radius 2 is 2.17 bits per heavy atom. The van der Waals surface area contributed by atoms with Gasteiger partial charge in [-0.05, 0) is 19.3 Å². The molecule has 0 fully saturated rings. The first-order valence-corrected chi connectivity index (χ1v) is 4.78. The predicted octanol–water partition coefficient (Wildman–Crippen LogP) is 0.960. The van der Waals surface area contributed by atoms with E-state index in [0.717, 1.165) is 0 Å². The Hall–Kier alpha value is 0.0774. The summed E-state index contributed by atoms with van der Waals surface area (Å²) in [5.74, 6) is 0. The van der Waals surface area contributed by atoms with Crippen molar-refractivity contribution in [2.45, 2.75) is 45.4 Å². The Morgan fingerprint density at radius 1 is 1.33 bits per heavy atom. The van der Waals surface area contributed by atoms with E-state index in [1.54, 1.807) is 5.57 Å². The zero-order valence-electron chi connectivity index (χ0n) is 9.47. The summed E-state index contributed by atoms with van der Waals surface area (Å²) in [5, 5.41) is 0. The van der Waals surface area contributed by atoms with E-state index in [4.69, 9.17) is 0 Å². The van der Waals surface area contributed by atoms with E-state index in [1.807, 2.05) is 0 Å². The average molecular weight is 158 g/mol. The second-order valence-corrected chi connectivity index (χ2v) is 3.27. The first kappa shape index (κ1) is 12.1. The van der Waals surface area contributed by atoms with Crippen LogP contribution >= 0.6 is 0 Å². The molecule has 1 heteroatoms. The topological polar surface area (TPSA) is 0 Å². The summed E-state index contributed by atoms with van der Waals surface area (Å²) in [6, 6.07) is 0. The minimum atomic E-state index is 0. The molecule has 0 aromatic rings. The van der Waals surface area contributed by atoms with E-state index < -0.39 is 0 Å². The quantitative estimate of drug-likeness (QED) is 0.413. The van der Waals surface area contributed by atoms with Gasteiger partial charge in [-0.15, -0.1) is 0 Å². The molecule has 0 atom stereocenters. The molecule has 0 heterocycles. The predicted molar refractivity (Wildman–Crippen MR) is 51.7 cm³/mol. The molecule has 0 aliphatic heterocycles. The van der Waals surface area contributed by atoms with Gasteiger partial charge in [0.15, 0.2) is 0 Å². The third kappa shape index (κ3) is 4.86. The maximum absolute atomic E-state index is 2.27. The average Bonchev–Trinajstić information content (AvgIpc) is 2.50. The first-order chi connectivity index (χ1) is 5.43. The van der Waals surface area contributed by atoms with Gasteiger partial charge in [-0.25, -0.2) is 0 Å². The minimum absolute atomic E-state index is 0. The van der Waals surface area contributed by atoms with Crippen LogP contribution in [0, 0.1) is 0 Å². The van der Waals surface area contributed by atoms with Crippen LogP contribution in [0.1, 0.15) is 46.9 Å². The van der Waals surface area contributed by atoms with Gasteiger partial charge in [0.2, 0.25) is 0 Å². The fourth-order valence-electron chi connectivity index (χ4n) is 1.46. The summed E-state index contributed by atoms with van der Waals surface area (Å²) in [7, 11) is 0. The second-order valence-electron chi connectivity index (χ2n) is 3.27. The summed E-state index contributed by atoms with van der Waals surface area (Å²) in [6.07, 6.45) is 14.8. The molecule has 0 saturated heterocycles. The Kier molecular flexibility index (Phi) is 7.76. The van der Waals surface area contributed by atoms with Gasteiger partial charge in [0.1, 0.15) is 0 Å². The molecule has 12 heavy (non-hydrogen) atoms. The molecule has 0 aromatic heterocycles. The van der Waals surface area contributed by atoms with Gasteiger partial charge in [0, 0.05) is 0 Å². The molecular weight excluding hydrogens is 139 g/mol. The van der Waals surface area contributed by atoms with Crippen molar-refractivity contribution >= 4 is 0 Å². The van der Waals surface area contributed by atoms with Crippen LogP contribution in [-0.2, 0) is 0 Å². The minimum Gasteiger partial charge on any atom is -1.00 e. The number of hydrogen-bond acceptors (Lipinski definition) is 0. The standard InChI is InChI=1S/C11H18.Li.H/c1-2-3-4-5-8-11-9-6-7-10-11;;/h6-7,9H,2-5,8,10H2,1H3;;/q;+1;-1. The third-order valence-corrected chi connectivity index (χ3v) is 2.20. The molecule has 64 valence electrons. The van der Waals surface area contributed by atoms with Crippen molar-refractivity contribution in [3.63, 3.8) is 0 Å². The zero-order chi connectivity index (χ0) is 7.94. The molecule has 0 bridgehead atoms. The fraction of sp³-hybridized carbons (Fsp3) is 0.636. The molecule has 1 aliphatic rings. The summed E-state index contributed by atoms with van der Waals surface area (Å²) < 4.78 is 0. The molecule has 0 amide bonds. The number of allylic oxidation sites excluding steroid dienone is 4. The van der Waals surface area contributed by atoms with Crippen LogP contribution in [0.5, 0.6) is 0 Å². The molecule has 0 saturated carbocycles. The Labute approximate surface area is 89.8 Å². The normalized spacial score (nSPS) is 14.2. The molecule has 0 nitrogen and oxygen atoms in total. The molecule has 0 radical (unpaired) electrons. The fourth-order valence-corrected chi connectivity index (χ4v) is 1.46. The van der Waals surface area contributed by atoms with E-state index in [0.29, 0.717) is 0 Å². The maximum atomic E-state index is 2.27. The summed E-state index contributed by atoms with van der Waals surface area (Å²) in [6.45, 7) is 2.26. The molecule has 0 unspecified atom stereocenters. The summed E-state index contributed by atoms with van der Waals surface area (Å²) in [4.78, 5) is 0. The van der Waals surface area contributed by atoms with Gasteiger partial charge in [0.05, 0.1) is 0 Å². The van der Waals surface area contributed by atoms with Crippen LogP contribution in [-0.4, -0.2) is 0 Å². The van der Waals surface area contributed by atoms with Gasteiger partial charge in [0.25, 0.3) is 0 Å². The molecule has 0 aromatic carbocycles. The number of hydrogen-bond donors (Lipinski definition) is 0. The first-order valence-electron chi connectivity index (χ1n) is 4.78.